The van der Waals surface area contributed by atoms with Gasteiger partial charge in [0.1, 0.15) is 12.4 Å². The van der Waals surface area contributed by atoms with Crippen molar-refractivity contribution >= 4 is 5.91 Å². The van der Waals surface area contributed by atoms with Gasteiger partial charge in [-0.2, -0.15) is 5.26 Å². The molecule has 1 atom stereocenters. The molecule has 2 heterocycles. The van der Waals surface area contributed by atoms with Gasteiger partial charge in [0, 0.05) is 44.9 Å². The van der Waals surface area contributed by atoms with Crippen molar-refractivity contribution in [2.45, 2.75) is 31.9 Å². The van der Waals surface area contributed by atoms with Crippen LogP contribution in [0.15, 0.2) is 48.5 Å². The molecule has 2 aliphatic rings. The third kappa shape index (κ3) is 5.84. The van der Waals surface area contributed by atoms with Crippen LogP contribution in [-0.2, 0) is 11.3 Å². The molecule has 6 nitrogen and oxygen atoms in total. The van der Waals surface area contributed by atoms with Gasteiger partial charge in [-0.3, -0.25) is 9.69 Å². The van der Waals surface area contributed by atoms with Crippen LogP contribution in [0.25, 0.3) is 0 Å². The predicted molar refractivity (Wildman–Crippen MR) is 118 cm³/mol. The van der Waals surface area contributed by atoms with Crippen molar-refractivity contribution < 1.29 is 14.3 Å². The largest absolute Gasteiger partial charge is 0.491 e. The SMILES string of the molecule is N#Cc1ccc(CN2CCCN(C(=O)c3ccc(OCC4CCCO4)cc3)CC2)cc1. The van der Waals surface area contributed by atoms with Crippen LogP contribution in [0.2, 0.25) is 0 Å². The highest BCUT2D eigenvalue weighted by Crippen LogP contribution is 2.18. The van der Waals surface area contributed by atoms with E-state index >= 15 is 0 Å². The number of nitriles is 1. The van der Waals surface area contributed by atoms with Crippen LogP contribution in [-0.4, -0.2) is 61.2 Å². The van der Waals surface area contributed by atoms with E-state index in [0.717, 1.165) is 57.8 Å². The summed E-state index contributed by atoms with van der Waals surface area (Å²) < 4.78 is 11.4. The summed E-state index contributed by atoms with van der Waals surface area (Å²) in [5.41, 5.74) is 2.57. The van der Waals surface area contributed by atoms with Crippen LogP contribution in [0, 0.1) is 11.3 Å². The van der Waals surface area contributed by atoms with Crippen LogP contribution in [0.3, 0.4) is 0 Å². The lowest BCUT2D eigenvalue weighted by Gasteiger charge is -2.22. The van der Waals surface area contributed by atoms with Gasteiger partial charge in [0.2, 0.25) is 0 Å². The number of nitrogens with zero attached hydrogens (tertiary/aromatic N) is 3. The lowest BCUT2D eigenvalue weighted by Crippen LogP contribution is -2.35. The minimum absolute atomic E-state index is 0.0749. The van der Waals surface area contributed by atoms with Gasteiger partial charge in [-0.25, -0.2) is 0 Å². The number of rotatable bonds is 6. The van der Waals surface area contributed by atoms with Crippen molar-refractivity contribution in [2.75, 3.05) is 39.4 Å². The van der Waals surface area contributed by atoms with Crippen molar-refractivity contribution in [2.24, 2.45) is 0 Å². The molecule has 4 rings (SSSR count). The summed E-state index contributed by atoms with van der Waals surface area (Å²) in [4.78, 5) is 17.3. The molecule has 0 saturated carbocycles. The molecule has 31 heavy (non-hydrogen) atoms. The molecule has 162 valence electrons. The molecule has 1 unspecified atom stereocenters. The van der Waals surface area contributed by atoms with Crippen molar-refractivity contribution in [3.8, 4) is 11.8 Å². The zero-order valence-corrected chi connectivity index (χ0v) is 17.8. The maximum atomic E-state index is 13.0. The molecule has 1 amide bonds. The molecular weight excluding hydrogens is 390 g/mol. The molecule has 0 aromatic heterocycles. The van der Waals surface area contributed by atoms with E-state index in [0.29, 0.717) is 24.3 Å². The first kappa shape index (κ1) is 21.4. The Hall–Kier alpha value is -2.88. The van der Waals surface area contributed by atoms with Crippen LogP contribution >= 0.6 is 0 Å². The zero-order chi connectivity index (χ0) is 21.5. The molecule has 0 bridgehead atoms. The number of ether oxygens (including phenoxy) is 2. The van der Waals surface area contributed by atoms with Crippen LogP contribution in [0.4, 0.5) is 0 Å². The monoisotopic (exact) mass is 419 g/mol. The van der Waals surface area contributed by atoms with E-state index in [1.165, 1.54) is 5.56 Å². The highest BCUT2D eigenvalue weighted by molar-refractivity contribution is 5.94. The van der Waals surface area contributed by atoms with E-state index in [2.05, 4.69) is 11.0 Å². The Bertz CT molecular complexity index is 899. The smallest absolute Gasteiger partial charge is 0.253 e. The number of hydrogen-bond acceptors (Lipinski definition) is 5. The Labute approximate surface area is 184 Å². The molecule has 6 heteroatoms. The van der Waals surface area contributed by atoms with Gasteiger partial charge in [-0.15, -0.1) is 0 Å². The molecular formula is C25H29N3O3. The van der Waals surface area contributed by atoms with E-state index in [-0.39, 0.29) is 12.0 Å². The number of amides is 1. The van der Waals surface area contributed by atoms with Crippen molar-refractivity contribution in [1.82, 2.24) is 9.80 Å². The maximum absolute atomic E-state index is 13.0. The van der Waals surface area contributed by atoms with Crippen LogP contribution in [0.1, 0.15) is 40.7 Å². The third-order valence-electron chi connectivity index (χ3n) is 5.93. The summed E-state index contributed by atoms with van der Waals surface area (Å²) in [6, 6.07) is 17.3. The molecule has 2 aromatic carbocycles. The van der Waals surface area contributed by atoms with Crippen molar-refractivity contribution in [1.29, 1.82) is 5.26 Å². The van der Waals surface area contributed by atoms with E-state index in [9.17, 15) is 4.79 Å². The first-order valence-corrected chi connectivity index (χ1v) is 11.1. The molecule has 2 aliphatic heterocycles. The van der Waals surface area contributed by atoms with Crippen molar-refractivity contribution in [3.05, 3.63) is 65.2 Å². The summed E-state index contributed by atoms with van der Waals surface area (Å²) in [6.45, 7) is 5.50. The van der Waals surface area contributed by atoms with Gasteiger partial charge >= 0.3 is 0 Å². The Morgan fingerprint density at radius 2 is 1.84 bits per heavy atom. The van der Waals surface area contributed by atoms with Gasteiger partial charge in [0.25, 0.3) is 5.91 Å². The Morgan fingerprint density at radius 3 is 2.55 bits per heavy atom. The second-order valence-corrected chi connectivity index (χ2v) is 8.20. The summed E-state index contributed by atoms with van der Waals surface area (Å²) in [5, 5.41) is 8.94. The molecule has 2 aromatic rings. The van der Waals surface area contributed by atoms with E-state index in [1.54, 1.807) is 0 Å². The number of hydrogen-bond donors (Lipinski definition) is 0. The first-order valence-electron chi connectivity index (χ1n) is 11.1. The lowest BCUT2D eigenvalue weighted by atomic mass is 10.1. The molecule has 0 spiro atoms. The second kappa shape index (κ2) is 10.4. The van der Waals surface area contributed by atoms with E-state index in [4.69, 9.17) is 14.7 Å². The molecule has 0 radical (unpaired) electrons. The van der Waals surface area contributed by atoms with Crippen molar-refractivity contribution in [3.63, 3.8) is 0 Å². The topological polar surface area (TPSA) is 65.8 Å². The third-order valence-corrected chi connectivity index (χ3v) is 5.93. The van der Waals surface area contributed by atoms with Gasteiger partial charge in [-0.1, -0.05) is 12.1 Å². The quantitative estimate of drug-likeness (QED) is 0.717. The van der Waals surface area contributed by atoms with Crippen LogP contribution < -0.4 is 4.74 Å². The van der Waals surface area contributed by atoms with Gasteiger partial charge in [-0.05, 0) is 61.2 Å². The minimum Gasteiger partial charge on any atom is -0.491 e. The Morgan fingerprint density at radius 1 is 1.03 bits per heavy atom. The fourth-order valence-electron chi connectivity index (χ4n) is 4.12. The number of benzene rings is 2. The lowest BCUT2D eigenvalue weighted by molar-refractivity contribution is 0.0678. The molecule has 2 saturated heterocycles. The van der Waals surface area contributed by atoms with Gasteiger partial charge in [0.05, 0.1) is 17.7 Å². The predicted octanol–water partition coefficient (Wildman–Crippen LogP) is 3.46. The summed E-state index contributed by atoms with van der Waals surface area (Å²) in [6.07, 6.45) is 3.28. The summed E-state index contributed by atoms with van der Waals surface area (Å²) in [7, 11) is 0. The zero-order valence-electron chi connectivity index (χ0n) is 17.8. The number of carbonyl (C=O) groups is 1. The standard InChI is InChI=1S/C25H29N3O3/c26-17-20-4-6-21(7-5-20)18-27-12-2-13-28(15-14-27)25(29)22-8-10-23(11-9-22)31-19-24-3-1-16-30-24/h4-11,24H,1-3,12-16,18-19H2. The Kier molecular flexibility index (Phi) is 7.18. The molecule has 2 fully saturated rings. The average molecular weight is 420 g/mol. The van der Waals surface area contributed by atoms with Gasteiger partial charge in [0.15, 0.2) is 0 Å². The summed E-state index contributed by atoms with van der Waals surface area (Å²) >= 11 is 0. The molecule has 0 aliphatic carbocycles. The Balaban J connectivity index is 1.28. The highest BCUT2D eigenvalue weighted by atomic mass is 16.5. The normalized spacial score (nSPS) is 19.6. The van der Waals surface area contributed by atoms with E-state index in [1.807, 2.05) is 53.4 Å². The maximum Gasteiger partial charge on any atom is 0.253 e. The fourth-order valence-corrected chi connectivity index (χ4v) is 4.12. The first-order chi connectivity index (χ1) is 15.2. The van der Waals surface area contributed by atoms with E-state index < -0.39 is 0 Å². The fraction of sp³-hybridized carbons (Fsp3) is 0.440. The highest BCUT2D eigenvalue weighted by Gasteiger charge is 2.21. The van der Waals surface area contributed by atoms with Gasteiger partial charge < -0.3 is 14.4 Å². The number of carbonyl (C=O) groups excluding carboxylic acids is 1. The average Bonchev–Trinajstić information content (AvgIpc) is 3.23. The summed E-state index contributed by atoms with van der Waals surface area (Å²) in [5.74, 6) is 0.849. The minimum atomic E-state index is 0.0749. The van der Waals surface area contributed by atoms with Crippen LogP contribution in [0.5, 0.6) is 5.75 Å². The second-order valence-electron chi connectivity index (χ2n) is 8.20. The molecule has 0 N–H and O–H groups in total.